The molecule has 492 valence electrons. The SMILES string of the molecule is COc1cccc2c1C(=O)c1c(O)c3c(c(O)c1C2=O)C[C@@](O)(C(=O)COC(=O)OCc1ccc(NC(=O)[C@@H](CCCNC(N)=O)CC(=O)[C@H](NC(=O)CCCCCN2C(=O)CC(SC)C2=O)C(C)C)cc1)C[C@@H]3O[C@H]1C[C@H]2[C@H](O[C@@H]3[C@@H](OC)OCCN32)[C@H](C)O1. The number of benzene rings is 3. The Balaban J connectivity index is 0.820. The molecule has 0 bridgehead atoms. The summed E-state index contributed by atoms with van der Waals surface area (Å²) in [5, 5.41) is 44.3. The van der Waals surface area contributed by atoms with Crippen molar-refractivity contribution >= 4 is 76.4 Å². The molecule has 3 aromatic rings. The molecule has 4 saturated heterocycles. The van der Waals surface area contributed by atoms with Crippen molar-refractivity contribution in [3.05, 3.63) is 81.4 Å². The number of ketones is 4. The van der Waals surface area contributed by atoms with E-state index in [4.69, 9.17) is 43.6 Å². The lowest BCUT2D eigenvalue weighted by Crippen LogP contribution is -2.55. The standard InChI is InChI=1S/C63H78N6O21S/c1-31(2)51(67-44(72)15-8-7-9-21-69-45(73)26-42(91-6)58(69)79)39(70)24-34(12-11-20-65-61(64)80)57(78)66-35-18-16-33(17-19-35)29-86-62(81)87-30-43(71)63(82)27-37-48(55(77)50-49(53(37)75)52(74)36-13-10-14-40(83-4)47(36)54(50)76)41(28-63)89-46-25-38-56(32(3)88-46)90-59-60(84-5)85-23-22-68(38)59/h10,13-14,16-19,31-32,34,38,41-42,46,51,56,59-60,75,77,82H,7-9,11-12,15,20-30H2,1-6H3,(H,66,78)(H,67,72)(H3,64,65,80)/t32-,34-,38-,41-,42?,46-,51+,56+,59+,60-,63-/m0/s1. The number of ether oxygens (including phenoxy) is 8. The Morgan fingerprint density at radius 3 is 2.35 bits per heavy atom. The number of anilines is 1. The maximum atomic E-state index is 14.3. The summed E-state index contributed by atoms with van der Waals surface area (Å²) in [5.41, 5.74) is 1.66. The predicted octanol–water partition coefficient (Wildman–Crippen LogP) is 4.23. The number of carbonyl (C=O) groups excluding carboxylic acids is 10. The number of nitrogens with zero attached hydrogens (tertiary/aromatic N) is 2. The first-order valence-electron chi connectivity index (χ1n) is 30.4. The molecule has 91 heavy (non-hydrogen) atoms. The van der Waals surface area contributed by atoms with Crippen LogP contribution < -0.4 is 26.4 Å². The van der Waals surface area contributed by atoms with Crippen LogP contribution in [-0.2, 0) is 75.0 Å². The molecule has 4 fully saturated rings. The number of thioether (sulfide) groups is 1. The number of unbranched alkanes of at least 4 members (excludes halogenated alkanes) is 2. The number of imide groups is 1. The largest absolute Gasteiger partial charge is 0.509 e. The van der Waals surface area contributed by atoms with Crippen molar-refractivity contribution in [3.8, 4) is 17.2 Å². The number of fused-ring (bicyclic) bond motifs is 6. The van der Waals surface area contributed by atoms with Gasteiger partial charge in [0.2, 0.25) is 35.2 Å². The fourth-order valence-corrected chi connectivity index (χ4v) is 13.5. The number of phenolic OH excluding ortho intramolecular Hbond substituents is 2. The van der Waals surface area contributed by atoms with E-state index in [0.717, 1.165) is 0 Å². The molecule has 11 atom stereocenters. The first-order chi connectivity index (χ1) is 43.5. The number of hydrogen-bond acceptors (Lipinski definition) is 23. The van der Waals surface area contributed by atoms with Gasteiger partial charge in [-0.2, -0.15) is 11.8 Å². The molecule has 1 unspecified atom stereocenters. The van der Waals surface area contributed by atoms with E-state index in [-0.39, 0.29) is 127 Å². The van der Waals surface area contributed by atoms with Gasteiger partial charge in [-0.05, 0) is 68.5 Å². The number of methoxy groups -OCH3 is 2. The third-order valence-corrected chi connectivity index (χ3v) is 18.5. The van der Waals surface area contributed by atoms with E-state index in [1.165, 1.54) is 73.3 Å². The highest BCUT2D eigenvalue weighted by Gasteiger charge is 2.55. The van der Waals surface area contributed by atoms with E-state index < -0.39 is 132 Å². The van der Waals surface area contributed by atoms with Gasteiger partial charge < -0.3 is 74.9 Å². The number of carbonyl (C=O) groups is 10. The quantitative estimate of drug-likeness (QED) is 0.0190. The van der Waals surface area contributed by atoms with Gasteiger partial charge in [-0.3, -0.25) is 48.2 Å². The van der Waals surface area contributed by atoms with Crippen LogP contribution >= 0.6 is 11.8 Å². The van der Waals surface area contributed by atoms with Crippen molar-refractivity contribution in [1.82, 2.24) is 20.4 Å². The molecule has 0 radical (unpaired) electrons. The van der Waals surface area contributed by atoms with Crippen molar-refractivity contribution in [1.29, 1.82) is 0 Å². The molecule has 0 spiro atoms. The lowest BCUT2D eigenvalue weighted by Gasteiger charge is -2.43. The van der Waals surface area contributed by atoms with Gasteiger partial charge in [-0.1, -0.05) is 44.5 Å². The summed E-state index contributed by atoms with van der Waals surface area (Å²) in [5.74, 6) is -7.13. The van der Waals surface area contributed by atoms with Crippen LogP contribution in [0.2, 0.25) is 0 Å². The van der Waals surface area contributed by atoms with E-state index in [0.29, 0.717) is 43.7 Å². The monoisotopic (exact) mass is 1290 g/mol. The number of urea groups is 1. The van der Waals surface area contributed by atoms with E-state index in [2.05, 4.69) is 20.9 Å². The number of likely N-dealkylation sites (tertiary alicyclic amines) is 1. The minimum absolute atomic E-state index is 0.0451. The molecule has 27 nitrogen and oxygen atoms in total. The highest BCUT2D eigenvalue weighted by Crippen LogP contribution is 2.53. The molecule has 9 rings (SSSR count). The Labute approximate surface area is 528 Å². The topological polar surface area (TPSA) is 374 Å². The van der Waals surface area contributed by atoms with Crippen LogP contribution in [0.4, 0.5) is 15.3 Å². The van der Waals surface area contributed by atoms with Crippen LogP contribution in [0.1, 0.15) is 140 Å². The van der Waals surface area contributed by atoms with Gasteiger partial charge in [-0.15, -0.1) is 0 Å². The van der Waals surface area contributed by atoms with Crippen LogP contribution in [0.3, 0.4) is 0 Å². The molecular weight excluding hydrogens is 1210 g/mol. The number of aromatic hydroxyl groups is 2. The van der Waals surface area contributed by atoms with Crippen LogP contribution in [0, 0.1) is 11.8 Å². The fraction of sp³-hybridized carbons (Fsp3) is 0.556. The fourth-order valence-electron chi connectivity index (χ4n) is 12.8. The Morgan fingerprint density at radius 1 is 0.912 bits per heavy atom. The summed E-state index contributed by atoms with van der Waals surface area (Å²) in [6.07, 6.45) is -3.53. The van der Waals surface area contributed by atoms with Crippen molar-refractivity contribution in [2.24, 2.45) is 17.6 Å². The highest BCUT2D eigenvalue weighted by molar-refractivity contribution is 8.00. The summed E-state index contributed by atoms with van der Waals surface area (Å²) in [7, 11) is 2.81. The highest BCUT2D eigenvalue weighted by atomic mass is 32.2. The maximum absolute atomic E-state index is 14.3. The zero-order chi connectivity index (χ0) is 65.6. The molecular formula is C63H78N6O21S. The number of Topliss-reactive ketones (excluding diaryl/α,β-unsaturated/α-hetero) is 2. The number of hydrogen-bond donors (Lipinski definition) is 7. The molecule has 2 aliphatic carbocycles. The van der Waals surface area contributed by atoms with E-state index >= 15 is 0 Å². The Bertz CT molecular complexity index is 3310. The molecule has 6 amide bonds. The normalized spacial score (nSPS) is 24.9. The molecule has 28 heteroatoms. The molecule has 4 aliphatic heterocycles. The van der Waals surface area contributed by atoms with E-state index in [9.17, 15) is 63.3 Å². The van der Waals surface area contributed by atoms with Crippen molar-refractivity contribution in [2.75, 3.05) is 58.6 Å². The van der Waals surface area contributed by atoms with Crippen molar-refractivity contribution in [2.45, 2.75) is 158 Å². The molecule has 0 saturated carbocycles. The van der Waals surface area contributed by atoms with E-state index in [1.54, 1.807) is 27.0 Å². The number of phenols is 2. The van der Waals surface area contributed by atoms with Gasteiger partial charge >= 0.3 is 12.2 Å². The summed E-state index contributed by atoms with van der Waals surface area (Å²) in [4.78, 5) is 136. The predicted molar refractivity (Wildman–Crippen MR) is 322 cm³/mol. The number of primary amides is 1. The summed E-state index contributed by atoms with van der Waals surface area (Å²) < 4.78 is 46.5. The molecule has 6 aliphatic rings. The van der Waals surface area contributed by atoms with Gasteiger partial charge in [0.25, 0.3) is 0 Å². The van der Waals surface area contributed by atoms with Crippen LogP contribution in [0.15, 0.2) is 42.5 Å². The number of rotatable bonds is 27. The van der Waals surface area contributed by atoms with E-state index in [1.807, 2.05) is 0 Å². The summed E-state index contributed by atoms with van der Waals surface area (Å²) in [6.45, 7) is 5.12. The minimum Gasteiger partial charge on any atom is -0.507 e. The minimum atomic E-state index is -2.50. The maximum Gasteiger partial charge on any atom is 0.509 e. The van der Waals surface area contributed by atoms with Crippen LogP contribution in [0.5, 0.6) is 17.2 Å². The zero-order valence-corrected chi connectivity index (χ0v) is 52.3. The Kier molecular flexibility index (Phi) is 21.9. The van der Waals surface area contributed by atoms with Gasteiger partial charge in [0.05, 0.1) is 53.9 Å². The third kappa shape index (κ3) is 14.9. The lowest BCUT2D eigenvalue weighted by molar-refractivity contribution is -0.256. The van der Waals surface area contributed by atoms with Crippen LogP contribution in [-0.4, -0.2) is 191 Å². The average Bonchev–Trinajstić information content (AvgIpc) is 1.28. The zero-order valence-electron chi connectivity index (χ0n) is 51.5. The van der Waals surface area contributed by atoms with Crippen molar-refractivity contribution < 1.29 is 101 Å². The second-order valence-corrected chi connectivity index (χ2v) is 24.9. The van der Waals surface area contributed by atoms with Crippen molar-refractivity contribution in [3.63, 3.8) is 0 Å². The number of nitrogens with two attached hydrogens (primary N) is 1. The first-order valence-corrected chi connectivity index (χ1v) is 31.7. The number of amides is 6. The average molecular weight is 1290 g/mol. The smallest absolute Gasteiger partial charge is 0.507 e. The first kappa shape index (κ1) is 67.8. The molecule has 4 heterocycles. The molecule has 0 aromatic heterocycles. The number of morpholine rings is 1. The van der Waals surface area contributed by atoms with Gasteiger partial charge in [0.15, 0.2) is 37.0 Å². The van der Waals surface area contributed by atoms with Crippen LogP contribution in [0.25, 0.3) is 0 Å². The number of aliphatic hydroxyl groups is 1. The van der Waals surface area contributed by atoms with Gasteiger partial charge in [0, 0.05) is 99.6 Å². The van der Waals surface area contributed by atoms with Gasteiger partial charge in [0.1, 0.15) is 35.6 Å². The molecule has 3 aromatic carbocycles. The third-order valence-electron chi connectivity index (χ3n) is 17.5. The Hall–Kier alpha value is -7.57. The van der Waals surface area contributed by atoms with Gasteiger partial charge in [-0.25, -0.2) is 9.59 Å². The second-order valence-electron chi connectivity index (χ2n) is 23.8. The second kappa shape index (κ2) is 29.4. The summed E-state index contributed by atoms with van der Waals surface area (Å²) in [6, 6.07) is 8.44. The number of nitrogens with one attached hydrogen (secondary N) is 3. The summed E-state index contributed by atoms with van der Waals surface area (Å²) >= 11 is 1.34. The Morgan fingerprint density at radius 2 is 1.66 bits per heavy atom. The lowest BCUT2D eigenvalue weighted by atomic mass is 9.72. The molecule has 8 N–H and O–H groups in total.